The van der Waals surface area contributed by atoms with Crippen LogP contribution in [0.2, 0.25) is 0 Å². The Bertz CT molecular complexity index is 611. The van der Waals surface area contributed by atoms with Gasteiger partial charge in [0.1, 0.15) is 6.10 Å². The number of hydrogen-bond acceptors (Lipinski definition) is 6. The molecule has 0 radical (unpaired) electrons. The van der Waals surface area contributed by atoms with Crippen LogP contribution in [0.15, 0.2) is 24.3 Å². The molecule has 0 saturated carbocycles. The van der Waals surface area contributed by atoms with Crippen molar-refractivity contribution in [3.05, 3.63) is 24.3 Å². The van der Waals surface area contributed by atoms with Crippen molar-refractivity contribution in [3.8, 4) is 0 Å². The molecule has 2 fully saturated rings. The minimum absolute atomic E-state index is 0.00281. The average Bonchev–Trinajstić information content (AvgIpc) is 3.03. The van der Waals surface area contributed by atoms with Gasteiger partial charge in [0.2, 0.25) is 0 Å². The molecule has 1 aromatic carbocycles. The summed E-state index contributed by atoms with van der Waals surface area (Å²) in [6.45, 7) is 4.73. The average molecular weight is 347 g/mol. The van der Waals surface area contributed by atoms with Crippen molar-refractivity contribution in [1.29, 1.82) is 0 Å². The Balaban J connectivity index is 1.58. The van der Waals surface area contributed by atoms with Crippen LogP contribution < -0.4 is 15.5 Å². The molecule has 2 aliphatic rings. The first-order valence-corrected chi connectivity index (χ1v) is 8.82. The van der Waals surface area contributed by atoms with Crippen molar-refractivity contribution < 1.29 is 19.1 Å². The molecular weight excluding hydrogens is 322 g/mol. The monoisotopic (exact) mass is 347 g/mol. The van der Waals surface area contributed by atoms with Crippen LogP contribution in [-0.4, -0.2) is 51.0 Å². The Hall–Kier alpha value is -2.28. The highest BCUT2D eigenvalue weighted by Crippen LogP contribution is 2.28. The number of rotatable bonds is 5. The van der Waals surface area contributed by atoms with Crippen LogP contribution in [0.25, 0.3) is 0 Å². The van der Waals surface area contributed by atoms with E-state index in [4.69, 9.17) is 15.2 Å². The fourth-order valence-electron chi connectivity index (χ4n) is 3.33. The van der Waals surface area contributed by atoms with Gasteiger partial charge in [-0.15, -0.1) is 0 Å². The van der Waals surface area contributed by atoms with Crippen molar-refractivity contribution >= 4 is 23.4 Å². The third-order valence-electron chi connectivity index (χ3n) is 4.78. The molecule has 0 spiro atoms. The largest absolute Gasteiger partial charge is 0.466 e. The number of carbonyl (C=O) groups is 2. The second-order valence-electron chi connectivity index (χ2n) is 6.38. The third kappa shape index (κ3) is 3.87. The number of esters is 1. The molecule has 136 valence electrons. The number of carbonyl (C=O) groups excluding carboxylic acids is 2. The van der Waals surface area contributed by atoms with Crippen LogP contribution in [-0.2, 0) is 14.3 Å². The van der Waals surface area contributed by atoms with Crippen molar-refractivity contribution in [2.75, 3.05) is 42.6 Å². The molecule has 25 heavy (non-hydrogen) atoms. The van der Waals surface area contributed by atoms with E-state index in [-0.39, 0.29) is 24.1 Å². The highest BCUT2D eigenvalue weighted by atomic mass is 16.6. The zero-order valence-corrected chi connectivity index (χ0v) is 14.5. The topological polar surface area (TPSA) is 85.1 Å². The van der Waals surface area contributed by atoms with Gasteiger partial charge in [-0.05, 0) is 44.0 Å². The summed E-state index contributed by atoms with van der Waals surface area (Å²) in [4.78, 5) is 27.6. The zero-order valence-electron chi connectivity index (χ0n) is 14.5. The van der Waals surface area contributed by atoms with Crippen LogP contribution in [0.4, 0.5) is 16.2 Å². The van der Waals surface area contributed by atoms with Gasteiger partial charge in [-0.25, -0.2) is 4.79 Å². The van der Waals surface area contributed by atoms with Crippen LogP contribution >= 0.6 is 0 Å². The summed E-state index contributed by atoms with van der Waals surface area (Å²) in [7, 11) is 0. The van der Waals surface area contributed by atoms with E-state index >= 15 is 0 Å². The second kappa shape index (κ2) is 7.74. The molecule has 2 saturated heterocycles. The number of amides is 1. The summed E-state index contributed by atoms with van der Waals surface area (Å²) in [6, 6.07) is 7.85. The molecular formula is C18H25N3O4. The SMILES string of the molecule is CCOC(=O)C1CCN(c2ccc(N3C[C@@H](CN)OC3=O)cc2)CC1. The van der Waals surface area contributed by atoms with Gasteiger partial charge >= 0.3 is 12.1 Å². The summed E-state index contributed by atoms with van der Waals surface area (Å²) in [5, 5.41) is 0. The van der Waals surface area contributed by atoms with E-state index in [1.807, 2.05) is 31.2 Å². The summed E-state index contributed by atoms with van der Waals surface area (Å²) < 4.78 is 10.3. The number of benzene rings is 1. The lowest BCUT2D eigenvalue weighted by Crippen LogP contribution is -2.37. The maximum absolute atomic E-state index is 11.9. The van der Waals surface area contributed by atoms with Gasteiger partial charge < -0.3 is 20.1 Å². The highest BCUT2D eigenvalue weighted by molar-refractivity contribution is 5.90. The molecule has 2 heterocycles. The van der Waals surface area contributed by atoms with Crippen molar-refractivity contribution in [2.24, 2.45) is 11.7 Å². The predicted octanol–water partition coefficient (Wildman–Crippen LogP) is 1.75. The van der Waals surface area contributed by atoms with E-state index in [1.165, 1.54) is 0 Å². The van der Waals surface area contributed by atoms with Crippen LogP contribution in [0.5, 0.6) is 0 Å². The predicted molar refractivity (Wildman–Crippen MR) is 94.7 cm³/mol. The number of hydrogen-bond donors (Lipinski definition) is 1. The lowest BCUT2D eigenvalue weighted by molar-refractivity contribution is -0.148. The summed E-state index contributed by atoms with van der Waals surface area (Å²) in [6.07, 6.45) is 1.02. The lowest BCUT2D eigenvalue weighted by atomic mass is 9.96. The van der Waals surface area contributed by atoms with Gasteiger partial charge in [0.05, 0.1) is 19.1 Å². The first-order chi connectivity index (χ1) is 12.1. The fraction of sp³-hybridized carbons (Fsp3) is 0.556. The molecule has 0 aliphatic carbocycles. The van der Waals surface area contributed by atoms with Crippen LogP contribution in [0, 0.1) is 5.92 Å². The standard InChI is InChI=1S/C18H25N3O4/c1-2-24-17(22)13-7-9-20(10-8-13)14-3-5-15(6-4-14)21-12-16(11-19)25-18(21)23/h3-6,13,16H,2,7-12,19H2,1H3/t16-/m1/s1. The summed E-state index contributed by atoms with van der Waals surface area (Å²) in [5.41, 5.74) is 7.47. The van der Waals surface area contributed by atoms with Gasteiger partial charge in [-0.3, -0.25) is 9.69 Å². The van der Waals surface area contributed by atoms with Crippen molar-refractivity contribution in [3.63, 3.8) is 0 Å². The molecule has 0 unspecified atom stereocenters. The normalized spacial score (nSPS) is 21.4. The lowest BCUT2D eigenvalue weighted by Gasteiger charge is -2.32. The Labute approximate surface area is 147 Å². The molecule has 2 aliphatic heterocycles. The maximum Gasteiger partial charge on any atom is 0.414 e. The third-order valence-corrected chi connectivity index (χ3v) is 4.78. The molecule has 1 atom stereocenters. The molecule has 0 bridgehead atoms. The summed E-state index contributed by atoms with van der Waals surface area (Å²) in [5.74, 6) is -0.0810. The Morgan fingerprint density at radius 2 is 1.88 bits per heavy atom. The molecule has 2 N–H and O–H groups in total. The van der Waals surface area contributed by atoms with Gasteiger partial charge in [0, 0.05) is 31.0 Å². The highest BCUT2D eigenvalue weighted by Gasteiger charge is 2.31. The van der Waals surface area contributed by atoms with E-state index in [0.29, 0.717) is 19.7 Å². The Morgan fingerprint density at radius 3 is 2.44 bits per heavy atom. The van der Waals surface area contributed by atoms with Crippen LogP contribution in [0.3, 0.4) is 0 Å². The van der Waals surface area contributed by atoms with Crippen molar-refractivity contribution in [1.82, 2.24) is 0 Å². The van der Waals surface area contributed by atoms with E-state index in [9.17, 15) is 9.59 Å². The number of piperidine rings is 1. The fourth-order valence-corrected chi connectivity index (χ4v) is 3.33. The first-order valence-electron chi connectivity index (χ1n) is 8.82. The van der Waals surface area contributed by atoms with Gasteiger partial charge in [-0.2, -0.15) is 0 Å². The number of ether oxygens (including phenoxy) is 2. The first kappa shape index (κ1) is 17.5. The smallest absolute Gasteiger partial charge is 0.414 e. The number of nitrogens with zero attached hydrogens (tertiary/aromatic N) is 2. The quantitative estimate of drug-likeness (QED) is 0.817. The minimum atomic E-state index is -0.349. The number of nitrogens with two attached hydrogens (primary N) is 1. The summed E-state index contributed by atoms with van der Waals surface area (Å²) >= 11 is 0. The molecule has 0 aromatic heterocycles. The van der Waals surface area contributed by atoms with Gasteiger partial charge in [0.25, 0.3) is 0 Å². The molecule has 1 amide bonds. The molecule has 7 heteroatoms. The number of anilines is 2. The molecule has 7 nitrogen and oxygen atoms in total. The van der Waals surface area contributed by atoms with E-state index in [2.05, 4.69) is 4.90 Å². The van der Waals surface area contributed by atoms with Gasteiger partial charge in [0.15, 0.2) is 0 Å². The Kier molecular flexibility index (Phi) is 5.43. The minimum Gasteiger partial charge on any atom is -0.466 e. The number of cyclic esters (lactones) is 1. The second-order valence-corrected chi connectivity index (χ2v) is 6.38. The van der Waals surface area contributed by atoms with E-state index < -0.39 is 0 Å². The van der Waals surface area contributed by atoms with E-state index in [1.54, 1.807) is 4.90 Å². The molecule has 1 aromatic rings. The Morgan fingerprint density at radius 1 is 1.24 bits per heavy atom. The maximum atomic E-state index is 11.9. The zero-order chi connectivity index (χ0) is 17.8. The van der Waals surface area contributed by atoms with Gasteiger partial charge in [-0.1, -0.05) is 0 Å². The van der Waals surface area contributed by atoms with Crippen molar-refractivity contribution in [2.45, 2.75) is 25.9 Å². The molecule has 3 rings (SSSR count). The van der Waals surface area contributed by atoms with Crippen LogP contribution in [0.1, 0.15) is 19.8 Å². The van der Waals surface area contributed by atoms with E-state index in [0.717, 1.165) is 37.3 Å².